The van der Waals surface area contributed by atoms with Gasteiger partial charge >= 0.3 is 6.03 Å². The maximum Gasteiger partial charge on any atom is 0.324 e. The maximum atomic E-state index is 15.0. The Labute approximate surface area is 101 Å². The Morgan fingerprint density at radius 1 is 1.29 bits per heavy atom. The third-order valence-corrected chi connectivity index (χ3v) is 5.04. The van der Waals surface area contributed by atoms with Gasteiger partial charge in [0.25, 0.3) is 5.91 Å². The molecule has 0 aromatic carbocycles. The average molecular weight is 242 g/mol. The first-order chi connectivity index (χ1) is 7.62. The molecule has 2 rings (SSSR count). The molecule has 3 amide bonds. The molecule has 4 nitrogen and oxygen atoms in total. The number of nitrogens with one attached hydrogen (secondary N) is 1. The Hall–Kier alpha value is -1.13. The highest BCUT2D eigenvalue weighted by Crippen LogP contribution is 2.66. The predicted molar refractivity (Wildman–Crippen MR) is 61.1 cm³/mol. The summed E-state index contributed by atoms with van der Waals surface area (Å²) < 4.78 is 15.0. The summed E-state index contributed by atoms with van der Waals surface area (Å²) in [5.41, 5.74) is -3.20. The standard InChI is InChI=1S/C12H19FN2O2/c1-6-15-7-10(2,3)11(4,5)12(7,13)8(16)14-9(15)17/h7H,6H2,1-5H3,(H,14,16,17). The fourth-order valence-corrected chi connectivity index (χ4v) is 3.29. The number of hydrogen-bond donors (Lipinski definition) is 1. The lowest BCUT2D eigenvalue weighted by Gasteiger charge is -2.70. The number of imide groups is 1. The van der Waals surface area contributed by atoms with Crippen LogP contribution in [0.2, 0.25) is 0 Å². The zero-order valence-electron chi connectivity index (χ0n) is 10.9. The first-order valence-electron chi connectivity index (χ1n) is 5.93. The van der Waals surface area contributed by atoms with Crippen molar-refractivity contribution in [3.63, 3.8) is 0 Å². The molecule has 2 unspecified atom stereocenters. The van der Waals surface area contributed by atoms with Gasteiger partial charge in [-0.25, -0.2) is 9.18 Å². The molecule has 1 aliphatic carbocycles. The maximum absolute atomic E-state index is 15.0. The topological polar surface area (TPSA) is 49.4 Å². The third-order valence-electron chi connectivity index (χ3n) is 5.04. The summed E-state index contributed by atoms with van der Waals surface area (Å²) in [7, 11) is 0. The van der Waals surface area contributed by atoms with E-state index < -0.39 is 34.5 Å². The zero-order chi connectivity index (χ0) is 13.2. The molecule has 0 bridgehead atoms. The first-order valence-corrected chi connectivity index (χ1v) is 5.93. The van der Waals surface area contributed by atoms with Gasteiger partial charge in [-0.15, -0.1) is 0 Å². The Bertz CT molecular complexity index is 405. The molecule has 2 atom stereocenters. The van der Waals surface area contributed by atoms with Crippen LogP contribution >= 0.6 is 0 Å². The number of alkyl halides is 1. The number of carbonyl (C=O) groups is 2. The van der Waals surface area contributed by atoms with Crippen molar-refractivity contribution >= 4 is 11.9 Å². The third kappa shape index (κ3) is 1.03. The number of urea groups is 1. The summed E-state index contributed by atoms with van der Waals surface area (Å²) in [6.07, 6.45) is 0. The average Bonchev–Trinajstić information content (AvgIpc) is 2.21. The summed E-state index contributed by atoms with van der Waals surface area (Å²) in [6.45, 7) is 9.49. The second-order valence-corrected chi connectivity index (χ2v) is 6.01. The first kappa shape index (κ1) is 12.3. The molecule has 2 aliphatic rings. The van der Waals surface area contributed by atoms with Crippen molar-refractivity contribution < 1.29 is 14.0 Å². The van der Waals surface area contributed by atoms with Crippen LogP contribution in [-0.4, -0.2) is 35.1 Å². The van der Waals surface area contributed by atoms with E-state index in [1.165, 1.54) is 4.90 Å². The normalized spacial score (nSPS) is 38.2. The number of rotatable bonds is 1. The van der Waals surface area contributed by atoms with Crippen molar-refractivity contribution in [2.75, 3.05) is 6.54 Å². The number of fused-ring (bicyclic) bond motifs is 1. The van der Waals surface area contributed by atoms with Crippen LogP contribution in [-0.2, 0) is 4.79 Å². The van der Waals surface area contributed by atoms with Crippen molar-refractivity contribution in [2.45, 2.75) is 46.3 Å². The minimum absolute atomic E-state index is 0.398. The van der Waals surface area contributed by atoms with Gasteiger partial charge in [-0.2, -0.15) is 0 Å². The zero-order valence-corrected chi connectivity index (χ0v) is 10.9. The molecule has 0 aromatic heterocycles. The van der Waals surface area contributed by atoms with E-state index >= 15 is 4.39 Å². The van der Waals surface area contributed by atoms with Gasteiger partial charge in [0.15, 0.2) is 0 Å². The van der Waals surface area contributed by atoms with Crippen LogP contribution in [0.3, 0.4) is 0 Å². The number of halogens is 1. The predicted octanol–water partition coefficient (Wildman–Crippen LogP) is 1.70. The molecule has 0 aromatic rings. The second-order valence-electron chi connectivity index (χ2n) is 6.01. The lowest BCUT2D eigenvalue weighted by molar-refractivity contribution is -0.247. The van der Waals surface area contributed by atoms with Gasteiger partial charge in [-0.3, -0.25) is 10.1 Å². The van der Waals surface area contributed by atoms with E-state index in [0.29, 0.717) is 6.54 Å². The lowest BCUT2D eigenvalue weighted by Crippen LogP contribution is -2.87. The molecule has 17 heavy (non-hydrogen) atoms. The number of carbonyl (C=O) groups excluding carboxylic acids is 2. The van der Waals surface area contributed by atoms with Crippen LogP contribution in [0.1, 0.15) is 34.6 Å². The van der Waals surface area contributed by atoms with Crippen LogP contribution in [0.5, 0.6) is 0 Å². The molecule has 1 saturated heterocycles. The van der Waals surface area contributed by atoms with Crippen LogP contribution < -0.4 is 5.32 Å². The van der Waals surface area contributed by atoms with Gasteiger partial charge < -0.3 is 4.90 Å². The van der Waals surface area contributed by atoms with Crippen molar-refractivity contribution in [3.05, 3.63) is 0 Å². The molecular formula is C12H19FN2O2. The van der Waals surface area contributed by atoms with Crippen LogP contribution in [0, 0.1) is 10.8 Å². The monoisotopic (exact) mass is 242 g/mol. The van der Waals surface area contributed by atoms with E-state index in [0.717, 1.165) is 0 Å². The molecular weight excluding hydrogens is 223 g/mol. The number of nitrogens with zero attached hydrogens (tertiary/aromatic N) is 1. The van der Waals surface area contributed by atoms with E-state index in [9.17, 15) is 9.59 Å². The molecule has 2 fully saturated rings. The van der Waals surface area contributed by atoms with Gasteiger partial charge in [0, 0.05) is 12.0 Å². The number of amides is 3. The van der Waals surface area contributed by atoms with Crippen LogP contribution in [0.25, 0.3) is 0 Å². The Morgan fingerprint density at radius 2 is 1.82 bits per heavy atom. The quantitative estimate of drug-likeness (QED) is 0.761. The minimum Gasteiger partial charge on any atom is -0.317 e. The van der Waals surface area contributed by atoms with Gasteiger partial charge in [-0.05, 0) is 12.3 Å². The van der Waals surface area contributed by atoms with Gasteiger partial charge in [-0.1, -0.05) is 27.7 Å². The van der Waals surface area contributed by atoms with Crippen LogP contribution in [0.15, 0.2) is 0 Å². The lowest BCUT2D eigenvalue weighted by atomic mass is 9.40. The largest absolute Gasteiger partial charge is 0.324 e. The van der Waals surface area contributed by atoms with Crippen molar-refractivity contribution in [2.24, 2.45) is 10.8 Å². The molecule has 1 aliphatic heterocycles. The Kier molecular flexibility index (Phi) is 2.18. The molecule has 1 N–H and O–H groups in total. The van der Waals surface area contributed by atoms with E-state index in [-0.39, 0.29) is 0 Å². The summed E-state index contributed by atoms with van der Waals surface area (Å²) >= 11 is 0. The van der Waals surface area contributed by atoms with Gasteiger partial charge in [0.1, 0.15) is 0 Å². The summed E-state index contributed by atoms with van der Waals surface area (Å²) in [5.74, 6) is -0.790. The molecule has 5 heteroatoms. The number of hydrogen-bond acceptors (Lipinski definition) is 2. The SMILES string of the molecule is CCN1C(=O)NC(=O)C2(F)C1C(C)(C)C2(C)C. The van der Waals surface area contributed by atoms with Crippen molar-refractivity contribution in [1.29, 1.82) is 0 Å². The highest BCUT2D eigenvalue weighted by molar-refractivity contribution is 6.04. The summed E-state index contributed by atoms with van der Waals surface area (Å²) in [6, 6.07) is -1.16. The van der Waals surface area contributed by atoms with Crippen molar-refractivity contribution in [1.82, 2.24) is 10.2 Å². The van der Waals surface area contributed by atoms with Crippen molar-refractivity contribution in [3.8, 4) is 0 Å². The highest BCUT2D eigenvalue weighted by Gasteiger charge is 2.80. The Balaban J connectivity index is 2.53. The van der Waals surface area contributed by atoms with E-state index in [1.807, 2.05) is 13.8 Å². The van der Waals surface area contributed by atoms with Crippen LogP contribution in [0.4, 0.5) is 9.18 Å². The Morgan fingerprint density at radius 3 is 2.29 bits per heavy atom. The molecule has 1 saturated carbocycles. The summed E-state index contributed by atoms with van der Waals surface area (Å²) in [5, 5.41) is 2.12. The molecule has 0 spiro atoms. The van der Waals surface area contributed by atoms with E-state index in [2.05, 4.69) is 5.32 Å². The minimum atomic E-state index is -1.99. The van der Waals surface area contributed by atoms with Gasteiger partial charge in [0.05, 0.1) is 6.04 Å². The molecule has 96 valence electrons. The molecule has 0 radical (unpaired) electrons. The fraction of sp³-hybridized carbons (Fsp3) is 0.833. The smallest absolute Gasteiger partial charge is 0.317 e. The van der Waals surface area contributed by atoms with E-state index in [4.69, 9.17) is 0 Å². The summed E-state index contributed by atoms with van der Waals surface area (Å²) in [4.78, 5) is 24.9. The molecule has 1 heterocycles. The highest BCUT2D eigenvalue weighted by atomic mass is 19.1. The van der Waals surface area contributed by atoms with E-state index in [1.54, 1.807) is 20.8 Å². The fourth-order valence-electron chi connectivity index (χ4n) is 3.29. The second kappa shape index (κ2) is 3.00. The van der Waals surface area contributed by atoms with Gasteiger partial charge in [0.2, 0.25) is 5.67 Å².